The Labute approximate surface area is 164 Å². The number of aromatic nitrogens is 1. The fourth-order valence-corrected chi connectivity index (χ4v) is 3.30. The van der Waals surface area contributed by atoms with Crippen LogP contribution in [0.15, 0.2) is 66.7 Å². The largest absolute Gasteiger partial charge is 0.497 e. The number of carbonyl (C=O) groups is 1. The Bertz CT molecular complexity index is 998. The van der Waals surface area contributed by atoms with Crippen LogP contribution < -0.4 is 9.47 Å². The first-order valence-electron chi connectivity index (χ1n) is 9.35. The first kappa shape index (κ1) is 18.0. The maximum atomic E-state index is 12.5. The zero-order chi connectivity index (χ0) is 19.3. The second kappa shape index (κ2) is 8.13. The number of amides is 1. The number of nitrogens with zero attached hydrogens (tertiary/aromatic N) is 2. The average molecular weight is 374 g/mol. The van der Waals surface area contributed by atoms with Gasteiger partial charge in [0.05, 0.1) is 19.2 Å². The SMILES string of the molecule is COc1ccc(/C=C/C(=O)N2CCC(Oc3ccc4ccccc4n3)C2)cc1. The van der Waals surface area contributed by atoms with Crippen molar-refractivity contribution in [2.45, 2.75) is 12.5 Å². The Morgan fingerprint density at radius 2 is 1.93 bits per heavy atom. The van der Waals surface area contributed by atoms with Gasteiger partial charge in [-0.25, -0.2) is 4.98 Å². The number of hydrogen-bond acceptors (Lipinski definition) is 4. The second-order valence-corrected chi connectivity index (χ2v) is 6.76. The molecule has 28 heavy (non-hydrogen) atoms. The lowest BCUT2D eigenvalue weighted by molar-refractivity contribution is -0.125. The maximum Gasteiger partial charge on any atom is 0.246 e. The normalized spacial score (nSPS) is 16.6. The Morgan fingerprint density at radius 3 is 2.75 bits per heavy atom. The van der Waals surface area contributed by atoms with Gasteiger partial charge in [-0.3, -0.25) is 4.79 Å². The number of para-hydroxylation sites is 1. The van der Waals surface area contributed by atoms with Crippen LogP contribution in [-0.4, -0.2) is 42.1 Å². The third-order valence-corrected chi connectivity index (χ3v) is 4.85. The van der Waals surface area contributed by atoms with Gasteiger partial charge >= 0.3 is 0 Å². The summed E-state index contributed by atoms with van der Waals surface area (Å²) >= 11 is 0. The van der Waals surface area contributed by atoms with Crippen LogP contribution in [0.5, 0.6) is 11.6 Å². The van der Waals surface area contributed by atoms with Gasteiger partial charge in [0.1, 0.15) is 11.9 Å². The molecular formula is C23H22N2O3. The van der Waals surface area contributed by atoms with E-state index < -0.39 is 0 Å². The third-order valence-electron chi connectivity index (χ3n) is 4.85. The number of hydrogen-bond donors (Lipinski definition) is 0. The molecule has 0 aliphatic carbocycles. The van der Waals surface area contributed by atoms with Crippen molar-refractivity contribution in [2.24, 2.45) is 0 Å². The summed E-state index contributed by atoms with van der Waals surface area (Å²) in [6.07, 6.45) is 4.20. The minimum Gasteiger partial charge on any atom is -0.497 e. The van der Waals surface area contributed by atoms with Gasteiger partial charge in [0, 0.05) is 30.5 Å². The molecule has 1 amide bonds. The van der Waals surface area contributed by atoms with Gasteiger partial charge in [-0.05, 0) is 35.9 Å². The number of rotatable bonds is 5. The highest BCUT2D eigenvalue weighted by Gasteiger charge is 2.26. The van der Waals surface area contributed by atoms with E-state index in [1.165, 1.54) is 0 Å². The lowest BCUT2D eigenvalue weighted by atomic mass is 10.2. The fraction of sp³-hybridized carbons (Fsp3) is 0.217. The van der Waals surface area contributed by atoms with Crippen LogP contribution in [0.4, 0.5) is 0 Å². The fourth-order valence-electron chi connectivity index (χ4n) is 3.30. The predicted molar refractivity (Wildman–Crippen MR) is 109 cm³/mol. The Hall–Kier alpha value is -3.34. The molecule has 5 heteroatoms. The van der Waals surface area contributed by atoms with Crippen LogP contribution in [0.2, 0.25) is 0 Å². The van der Waals surface area contributed by atoms with Crippen LogP contribution in [0.3, 0.4) is 0 Å². The van der Waals surface area contributed by atoms with E-state index in [0.717, 1.165) is 28.6 Å². The highest BCUT2D eigenvalue weighted by atomic mass is 16.5. The summed E-state index contributed by atoms with van der Waals surface area (Å²) in [5.41, 5.74) is 1.87. The molecule has 0 radical (unpaired) electrons. The van der Waals surface area contributed by atoms with Gasteiger partial charge in [-0.2, -0.15) is 0 Å². The molecule has 5 nitrogen and oxygen atoms in total. The van der Waals surface area contributed by atoms with Crippen molar-refractivity contribution in [2.75, 3.05) is 20.2 Å². The number of benzene rings is 2. The van der Waals surface area contributed by atoms with E-state index in [4.69, 9.17) is 9.47 Å². The van der Waals surface area contributed by atoms with E-state index in [0.29, 0.717) is 19.0 Å². The van der Waals surface area contributed by atoms with E-state index in [2.05, 4.69) is 4.98 Å². The van der Waals surface area contributed by atoms with Crippen molar-refractivity contribution < 1.29 is 14.3 Å². The molecule has 1 aliphatic rings. The Morgan fingerprint density at radius 1 is 1.11 bits per heavy atom. The van der Waals surface area contributed by atoms with Crippen LogP contribution >= 0.6 is 0 Å². The number of methoxy groups -OCH3 is 1. The Balaban J connectivity index is 1.34. The van der Waals surface area contributed by atoms with Crippen molar-refractivity contribution in [1.29, 1.82) is 0 Å². The smallest absolute Gasteiger partial charge is 0.246 e. The van der Waals surface area contributed by atoms with Crippen molar-refractivity contribution in [3.63, 3.8) is 0 Å². The van der Waals surface area contributed by atoms with Gasteiger partial charge in [0.2, 0.25) is 11.8 Å². The molecule has 2 heterocycles. The first-order chi connectivity index (χ1) is 13.7. The average Bonchev–Trinajstić information content (AvgIpc) is 3.21. The summed E-state index contributed by atoms with van der Waals surface area (Å²) in [5, 5.41) is 1.08. The van der Waals surface area contributed by atoms with E-state index in [1.54, 1.807) is 13.2 Å². The lowest BCUT2D eigenvalue weighted by Gasteiger charge is -2.15. The minimum atomic E-state index is -0.0352. The number of carbonyl (C=O) groups excluding carboxylic acids is 1. The van der Waals surface area contributed by atoms with Gasteiger partial charge in [-0.1, -0.05) is 30.3 Å². The number of fused-ring (bicyclic) bond motifs is 1. The first-order valence-corrected chi connectivity index (χ1v) is 9.35. The quantitative estimate of drug-likeness (QED) is 0.635. The van der Waals surface area contributed by atoms with Crippen molar-refractivity contribution in [3.05, 3.63) is 72.3 Å². The van der Waals surface area contributed by atoms with Crippen molar-refractivity contribution in [3.8, 4) is 11.6 Å². The molecule has 4 rings (SSSR count). The predicted octanol–water partition coefficient (Wildman–Crippen LogP) is 3.94. The van der Waals surface area contributed by atoms with Gasteiger partial charge in [0.15, 0.2) is 0 Å². The molecule has 1 saturated heterocycles. The molecule has 3 aromatic rings. The third kappa shape index (κ3) is 4.14. The lowest BCUT2D eigenvalue weighted by Crippen LogP contribution is -2.29. The van der Waals surface area contributed by atoms with Gasteiger partial charge in [0.25, 0.3) is 0 Å². The molecule has 0 N–H and O–H groups in total. The number of pyridine rings is 1. The molecule has 0 saturated carbocycles. The maximum absolute atomic E-state index is 12.5. The second-order valence-electron chi connectivity index (χ2n) is 6.76. The van der Waals surface area contributed by atoms with Crippen LogP contribution in [0.25, 0.3) is 17.0 Å². The van der Waals surface area contributed by atoms with Crippen molar-refractivity contribution in [1.82, 2.24) is 9.88 Å². The van der Waals surface area contributed by atoms with Gasteiger partial charge in [-0.15, -0.1) is 0 Å². The summed E-state index contributed by atoms with van der Waals surface area (Å²) in [7, 11) is 1.63. The van der Waals surface area contributed by atoms with Crippen LogP contribution in [0, 0.1) is 0 Å². The van der Waals surface area contributed by atoms with Gasteiger partial charge < -0.3 is 14.4 Å². The van der Waals surface area contributed by atoms with E-state index in [-0.39, 0.29) is 12.0 Å². The summed E-state index contributed by atoms with van der Waals surface area (Å²) in [4.78, 5) is 18.8. The molecule has 2 aromatic carbocycles. The molecule has 1 fully saturated rings. The summed E-state index contributed by atoms with van der Waals surface area (Å²) in [6.45, 7) is 1.25. The molecule has 142 valence electrons. The molecular weight excluding hydrogens is 352 g/mol. The standard InChI is InChI=1S/C23H22N2O3/c1-27-19-10-6-17(7-11-19)8-13-23(26)25-15-14-20(16-25)28-22-12-9-18-4-2-3-5-21(18)24-22/h2-13,20H,14-16H2,1H3/b13-8+. The summed E-state index contributed by atoms with van der Waals surface area (Å²) in [6, 6.07) is 19.4. The highest BCUT2D eigenvalue weighted by Crippen LogP contribution is 2.21. The van der Waals surface area contributed by atoms with E-state index in [1.807, 2.05) is 71.6 Å². The summed E-state index contributed by atoms with van der Waals surface area (Å²) in [5.74, 6) is 1.39. The number of ether oxygens (including phenoxy) is 2. The van der Waals surface area contributed by atoms with Crippen LogP contribution in [0.1, 0.15) is 12.0 Å². The molecule has 0 bridgehead atoms. The van der Waals surface area contributed by atoms with Crippen LogP contribution in [-0.2, 0) is 4.79 Å². The zero-order valence-corrected chi connectivity index (χ0v) is 15.7. The van der Waals surface area contributed by atoms with Crippen molar-refractivity contribution >= 4 is 22.9 Å². The Kier molecular flexibility index (Phi) is 5.24. The van der Waals surface area contributed by atoms with E-state index in [9.17, 15) is 4.79 Å². The summed E-state index contributed by atoms with van der Waals surface area (Å²) < 4.78 is 11.2. The zero-order valence-electron chi connectivity index (χ0n) is 15.7. The topological polar surface area (TPSA) is 51.7 Å². The molecule has 1 aromatic heterocycles. The van der Waals surface area contributed by atoms with E-state index >= 15 is 0 Å². The molecule has 1 aliphatic heterocycles. The molecule has 0 spiro atoms. The number of likely N-dealkylation sites (tertiary alicyclic amines) is 1. The monoisotopic (exact) mass is 374 g/mol. The molecule has 1 unspecified atom stereocenters. The highest BCUT2D eigenvalue weighted by molar-refractivity contribution is 5.92. The minimum absolute atomic E-state index is 0.00612. The molecule has 1 atom stereocenters.